The zero-order chi connectivity index (χ0) is 29.2. The summed E-state index contributed by atoms with van der Waals surface area (Å²) < 4.78 is 23.6. The molecule has 0 aromatic carbocycles. The van der Waals surface area contributed by atoms with Gasteiger partial charge in [-0.2, -0.15) is 19.2 Å². The van der Waals surface area contributed by atoms with Gasteiger partial charge < -0.3 is 19.3 Å². The third-order valence-electron chi connectivity index (χ3n) is 5.23. The zero-order valence-electron chi connectivity index (χ0n) is 23.6. The van der Waals surface area contributed by atoms with Gasteiger partial charge in [-0.1, -0.05) is 13.3 Å². The molecule has 37 heavy (non-hydrogen) atoms. The van der Waals surface area contributed by atoms with Crippen LogP contribution < -0.4 is 0 Å². The fourth-order valence-corrected chi connectivity index (χ4v) is 4.05. The second kappa shape index (κ2) is 18.5. The lowest BCUT2D eigenvalue weighted by Crippen LogP contribution is -2.40. The van der Waals surface area contributed by atoms with Gasteiger partial charge in [0, 0.05) is 25.2 Å². The smallest absolute Gasteiger partial charge is 0.410 e. The molecular formula is C26H45FN2O8. The van der Waals surface area contributed by atoms with E-state index in [0.29, 0.717) is 19.0 Å². The van der Waals surface area contributed by atoms with Crippen LogP contribution in [0.5, 0.6) is 0 Å². The van der Waals surface area contributed by atoms with Crippen LogP contribution in [0, 0.1) is 0 Å². The van der Waals surface area contributed by atoms with Gasteiger partial charge in [0.25, 0.3) is 0 Å². The van der Waals surface area contributed by atoms with Gasteiger partial charge in [-0.25, -0.2) is 14.0 Å². The molecule has 0 saturated carbocycles. The maximum absolute atomic E-state index is 12.9. The molecule has 2 amide bonds. The predicted octanol–water partition coefficient (Wildman–Crippen LogP) is 5.15. The Morgan fingerprint density at radius 2 is 1.19 bits per heavy atom. The minimum absolute atomic E-state index is 0.00912. The quantitative estimate of drug-likeness (QED) is 0.486. The van der Waals surface area contributed by atoms with E-state index in [1.54, 1.807) is 4.90 Å². The molecule has 0 aromatic rings. The molecule has 0 bridgehead atoms. The highest BCUT2D eigenvalue weighted by Gasteiger charge is 2.33. The van der Waals surface area contributed by atoms with Gasteiger partial charge in [-0.05, 0) is 87.0 Å². The Kier molecular flexibility index (Phi) is 18.2. The first-order valence-corrected chi connectivity index (χ1v) is 12.7. The van der Waals surface area contributed by atoms with Crippen molar-refractivity contribution < 1.29 is 42.6 Å². The average molecular weight is 533 g/mol. The Bertz CT molecular complexity index is 722. The molecule has 10 nitrogen and oxygen atoms in total. The summed E-state index contributed by atoms with van der Waals surface area (Å²) in [5, 5.41) is 0. The number of likely N-dealkylation sites (tertiary alicyclic amines) is 2. The van der Waals surface area contributed by atoms with Crippen molar-refractivity contribution in [2.75, 3.05) is 13.1 Å². The molecule has 2 fully saturated rings. The van der Waals surface area contributed by atoms with E-state index >= 15 is 0 Å². The molecule has 0 aromatic heterocycles. The number of amides is 2. The summed E-state index contributed by atoms with van der Waals surface area (Å²) in [5.74, 6) is 0. The Morgan fingerprint density at radius 1 is 0.838 bits per heavy atom. The fourth-order valence-electron chi connectivity index (χ4n) is 4.05. The van der Waals surface area contributed by atoms with Crippen molar-refractivity contribution in [2.45, 2.75) is 130 Å². The number of halogens is 1. The second-order valence-electron chi connectivity index (χ2n) is 10.9. The van der Waals surface area contributed by atoms with E-state index < -0.39 is 11.8 Å². The molecule has 2 heterocycles. The van der Waals surface area contributed by atoms with Crippen molar-refractivity contribution in [1.29, 1.82) is 0 Å². The van der Waals surface area contributed by atoms with E-state index in [9.17, 15) is 14.0 Å². The molecular weight excluding hydrogens is 487 g/mol. The first kappa shape index (κ1) is 36.4. The molecule has 0 N–H and O–H groups in total. The Balaban J connectivity index is 0. The van der Waals surface area contributed by atoms with Crippen molar-refractivity contribution in [2.24, 2.45) is 0 Å². The number of carbonyl (C=O) groups is 2. The number of hydrogen-bond donors (Lipinski definition) is 0. The molecule has 214 valence electrons. The van der Waals surface area contributed by atoms with Crippen molar-refractivity contribution in [1.82, 2.24) is 9.80 Å². The van der Waals surface area contributed by atoms with Gasteiger partial charge in [0.2, 0.25) is 0 Å². The molecule has 2 aliphatic rings. The third-order valence-corrected chi connectivity index (χ3v) is 5.23. The summed E-state index contributed by atoms with van der Waals surface area (Å²) in [7, 11) is 0. The van der Waals surface area contributed by atoms with Gasteiger partial charge >= 0.3 is 24.5 Å². The highest BCUT2D eigenvalue weighted by molar-refractivity contribution is 5.69. The van der Waals surface area contributed by atoms with Gasteiger partial charge in [0.15, 0.2) is 0 Å². The van der Waals surface area contributed by atoms with Gasteiger partial charge in [0.05, 0.1) is 6.17 Å². The van der Waals surface area contributed by atoms with Crippen molar-refractivity contribution in [3.05, 3.63) is 0 Å². The maximum Gasteiger partial charge on any atom is 0.410 e. The molecule has 0 radical (unpaired) electrons. The van der Waals surface area contributed by atoms with Crippen LogP contribution in [0.1, 0.15) is 100 Å². The number of nitrogens with zero attached hydrogens (tertiary/aromatic N) is 2. The third kappa shape index (κ3) is 18.2. The normalized spacial score (nSPS) is 19.4. The topological polar surface area (TPSA) is 127 Å². The minimum Gasteiger partial charge on any atom is -0.444 e. The first-order valence-electron chi connectivity index (χ1n) is 12.7. The monoisotopic (exact) mass is 532 g/mol. The highest BCUT2D eigenvalue weighted by atomic mass is 19.1. The van der Waals surface area contributed by atoms with Crippen molar-refractivity contribution >= 4 is 24.5 Å². The van der Waals surface area contributed by atoms with E-state index in [1.807, 2.05) is 46.4 Å². The predicted molar refractivity (Wildman–Crippen MR) is 132 cm³/mol. The van der Waals surface area contributed by atoms with E-state index in [1.165, 1.54) is 6.92 Å². The number of carbonyl (C=O) groups excluding carboxylic acids is 6. The van der Waals surface area contributed by atoms with Crippen LogP contribution in [0.15, 0.2) is 0 Å². The first-order chi connectivity index (χ1) is 17.1. The van der Waals surface area contributed by atoms with Crippen LogP contribution >= 0.6 is 0 Å². The van der Waals surface area contributed by atoms with Crippen LogP contribution in [-0.2, 0) is 28.7 Å². The standard InChI is InChI=1S/C12H22FNO2.C12H23NO2.2CO2/c1-9(13)8-10-6-5-7-14(10)11(15)16-12(2,3)4;1-5-7-10-8-6-9-13(10)11(14)15-12(2,3)4;2*2-1-3/h9-10H,5-8H2,1-4H3;10H,5-9H2,1-4H3;;/t9?,10-;10-;;/m01../s1. The lowest BCUT2D eigenvalue weighted by Gasteiger charge is -2.28. The molecule has 0 spiro atoms. The summed E-state index contributed by atoms with van der Waals surface area (Å²) in [5.41, 5.74) is -0.859. The summed E-state index contributed by atoms with van der Waals surface area (Å²) in [6, 6.07) is 0.416. The van der Waals surface area contributed by atoms with Crippen LogP contribution in [0.25, 0.3) is 0 Å². The summed E-state index contributed by atoms with van der Waals surface area (Å²) in [6.45, 7) is 16.5. The van der Waals surface area contributed by atoms with E-state index in [2.05, 4.69) is 6.92 Å². The summed E-state index contributed by atoms with van der Waals surface area (Å²) in [4.78, 5) is 59.7. The minimum atomic E-state index is -0.868. The van der Waals surface area contributed by atoms with Crippen LogP contribution in [0.2, 0.25) is 0 Å². The van der Waals surface area contributed by atoms with Crippen LogP contribution in [0.3, 0.4) is 0 Å². The van der Waals surface area contributed by atoms with Crippen LogP contribution in [0.4, 0.5) is 14.0 Å². The molecule has 2 aliphatic heterocycles. The van der Waals surface area contributed by atoms with Gasteiger partial charge in [-0.15, -0.1) is 0 Å². The lowest BCUT2D eigenvalue weighted by molar-refractivity contribution is -0.193. The van der Waals surface area contributed by atoms with Crippen LogP contribution in [-0.4, -0.2) is 76.8 Å². The van der Waals surface area contributed by atoms with E-state index in [-0.39, 0.29) is 36.1 Å². The molecule has 2 saturated heterocycles. The number of rotatable bonds is 4. The summed E-state index contributed by atoms with van der Waals surface area (Å²) in [6.07, 6.45) is 5.89. The number of hydrogen-bond acceptors (Lipinski definition) is 8. The van der Waals surface area contributed by atoms with Crippen molar-refractivity contribution in [3.63, 3.8) is 0 Å². The molecule has 1 unspecified atom stereocenters. The second-order valence-corrected chi connectivity index (χ2v) is 10.9. The van der Waals surface area contributed by atoms with Crippen molar-refractivity contribution in [3.8, 4) is 0 Å². The number of alkyl halides is 1. The number of ether oxygens (including phenoxy) is 2. The Labute approximate surface area is 220 Å². The molecule has 11 heteroatoms. The maximum atomic E-state index is 12.9. The van der Waals surface area contributed by atoms with E-state index in [4.69, 9.17) is 28.7 Å². The fraction of sp³-hybridized carbons (Fsp3) is 0.846. The Hall–Kier alpha value is -2.77. The SMILES string of the molecule is CC(F)C[C@@H]1CCCN1C(=O)OC(C)(C)C.CCC[C@@H]1CCCN1C(=O)OC(C)(C)C.O=C=O.O=C=O. The zero-order valence-corrected chi connectivity index (χ0v) is 23.6. The molecule has 0 aliphatic carbocycles. The van der Waals surface area contributed by atoms with Gasteiger partial charge in [0.1, 0.15) is 11.2 Å². The van der Waals surface area contributed by atoms with Gasteiger partial charge in [-0.3, -0.25) is 0 Å². The lowest BCUT2D eigenvalue weighted by atomic mass is 10.1. The Morgan fingerprint density at radius 3 is 1.51 bits per heavy atom. The molecule has 2 rings (SSSR count). The highest BCUT2D eigenvalue weighted by Crippen LogP contribution is 2.25. The van der Waals surface area contributed by atoms with E-state index in [0.717, 1.165) is 45.1 Å². The molecule has 3 atom stereocenters. The average Bonchev–Trinajstić information content (AvgIpc) is 3.36. The largest absolute Gasteiger partial charge is 0.444 e. The summed E-state index contributed by atoms with van der Waals surface area (Å²) >= 11 is 0.